The maximum Gasteiger partial charge on any atom is 0.239 e. The molecule has 0 spiro atoms. The lowest BCUT2D eigenvalue weighted by Crippen LogP contribution is -2.60. The molecule has 4 rings (SSSR count). The summed E-state index contributed by atoms with van der Waals surface area (Å²) in [5.74, 6) is -2.16. The fraction of sp³-hybridized carbons (Fsp3) is 0.318. The van der Waals surface area contributed by atoms with Crippen molar-refractivity contribution < 1.29 is 54.4 Å². The number of aromatic hydroxyl groups is 3. The van der Waals surface area contributed by atoms with Gasteiger partial charge in [0.05, 0.1) is 13.7 Å². The van der Waals surface area contributed by atoms with Crippen LogP contribution in [-0.4, -0.2) is 80.2 Å². The van der Waals surface area contributed by atoms with E-state index in [1.165, 1.54) is 25.3 Å². The van der Waals surface area contributed by atoms with Crippen molar-refractivity contribution in [3.63, 3.8) is 0 Å². The zero-order valence-corrected chi connectivity index (χ0v) is 17.7. The van der Waals surface area contributed by atoms with Crippen LogP contribution in [-0.2, 0) is 4.74 Å². The largest absolute Gasteiger partial charge is 0.507 e. The predicted molar refractivity (Wildman–Crippen MR) is 114 cm³/mol. The Balaban J connectivity index is 1.92. The number of aliphatic hydroxyl groups is 4. The van der Waals surface area contributed by atoms with Crippen molar-refractivity contribution in [1.29, 1.82) is 0 Å². The van der Waals surface area contributed by atoms with Crippen molar-refractivity contribution in [2.24, 2.45) is 0 Å². The zero-order chi connectivity index (χ0) is 24.7. The molecular formula is C22H22O12. The maximum absolute atomic E-state index is 13.4. The monoisotopic (exact) mass is 478 g/mol. The second-order valence-corrected chi connectivity index (χ2v) is 7.63. The topological polar surface area (TPSA) is 200 Å². The first-order chi connectivity index (χ1) is 16.2. The number of phenols is 3. The molecule has 0 unspecified atom stereocenters. The molecule has 0 bridgehead atoms. The fourth-order valence-corrected chi connectivity index (χ4v) is 3.62. The van der Waals surface area contributed by atoms with Crippen LogP contribution in [0.25, 0.3) is 22.3 Å². The highest BCUT2D eigenvalue weighted by Gasteiger charge is 2.45. The first-order valence-corrected chi connectivity index (χ1v) is 10.0. The lowest BCUT2D eigenvalue weighted by atomic mass is 9.99. The Bertz CT molecular complexity index is 1270. The molecule has 34 heavy (non-hydrogen) atoms. The van der Waals surface area contributed by atoms with Gasteiger partial charge in [-0.3, -0.25) is 4.79 Å². The van der Waals surface area contributed by atoms with Crippen LogP contribution >= 0.6 is 0 Å². The van der Waals surface area contributed by atoms with Crippen LogP contribution in [0.4, 0.5) is 0 Å². The molecule has 2 heterocycles. The molecular weight excluding hydrogens is 456 g/mol. The van der Waals surface area contributed by atoms with E-state index in [2.05, 4.69) is 0 Å². The van der Waals surface area contributed by atoms with Crippen LogP contribution in [0.15, 0.2) is 39.5 Å². The number of hydrogen-bond acceptors (Lipinski definition) is 12. The summed E-state index contributed by atoms with van der Waals surface area (Å²) in [5.41, 5.74) is -0.942. The second kappa shape index (κ2) is 9.00. The third-order valence-corrected chi connectivity index (χ3v) is 5.46. The van der Waals surface area contributed by atoms with Crippen molar-refractivity contribution in [3.05, 3.63) is 40.6 Å². The number of fused-ring (bicyclic) bond motifs is 1. The van der Waals surface area contributed by atoms with Gasteiger partial charge in [-0.05, 0) is 18.2 Å². The molecule has 7 N–H and O–H groups in total. The van der Waals surface area contributed by atoms with Gasteiger partial charge in [0, 0.05) is 17.7 Å². The summed E-state index contributed by atoms with van der Waals surface area (Å²) in [6.45, 7) is -0.726. The van der Waals surface area contributed by atoms with Crippen molar-refractivity contribution in [2.45, 2.75) is 30.7 Å². The Morgan fingerprint density at radius 3 is 2.32 bits per heavy atom. The second-order valence-electron chi connectivity index (χ2n) is 7.63. The highest BCUT2D eigenvalue weighted by Crippen LogP contribution is 2.39. The summed E-state index contributed by atoms with van der Waals surface area (Å²) >= 11 is 0. The van der Waals surface area contributed by atoms with Gasteiger partial charge < -0.3 is 54.4 Å². The van der Waals surface area contributed by atoms with Crippen LogP contribution in [0.5, 0.6) is 28.7 Å². The van der Waals surface area contributed by atoms with Crippen LogP contribution in [0.2, 0.25) is 0 Å². The average Bonchev–Trinajstić information content (AvgIpc) is 2.82. The van der Waals surface area contributed by atoms with E-state index in [9.17, 15) is 40.5 Å². The van der Waals surface area contributed by atoms with E-state index < -0.39 is 65.7 Å². The Kier molecular flexibility index (Phi) is 6.25. The van der Waals surface area contributed by atoms with Gasteiger partial charge in [0.15, 0.2) is 17.3 Å². The third kappa shape index (κ3) is 3.97. The SMILES string of the molecule is COc1cc(O)c2c(=O)c(O[C@@H]3O[C@H](CO)[C@H](O)[C@H](O)[C@H]3O)c(-c3ccc(O)c(O)c3)oc2c1. The van der Waals surface area contributed by atoms with Gasteiger partial charge in [0.2, 0.25) is 17.5 Å². The van der Waals surface area contributed by atoms with Crippen LogP contribution in [0, 0.1) is 0 Å². The van der Waals surface area contributed by atoms with Gasteiger partial charge >= 0.3 is 0 Å². The van der Waals surface area contributed by atoms with Crippen molar-refractivity contribution in [3.8, 4) is 40.1 Å². The number of hydrogen-bond donors (Lipinski definition) is 7. The van der Waals surface area contributed by atoms with E-state index in [0.29, 0.717) is 0 Å². The summed E-state index contributed by atoms with van der Waals surface area (Å²) in [6, 6.07) is 6.02. The Morgan fingerprint density at radius 2 is 1.68 bits per heavy atom. The van der Waals surface area contributed by atoms with Crippen molar-refractivity contribution in [1.82, 2.24) is 0 Å². The van der Waals surface area contributed by atoms with Crippen LogP contribution < -0.4 is 14.9 Å². The molecule has 12 nitrogen and oxygen atoms in total. The third-order valence-electron chi connectivity index (χ3n) is 5.46. The highest BCUT2D eigenvalue weighted by atomic mass is 16.7. The van der Waals surface area contributed by atoms with Crippen molar-refractivity contribution >= 4 is 11.0 Å². The Morgan fingerprint density at radius 1 is 0.941 bits per heavy atom. The fourth-order valence-electron chi connectivity index (χ4n) is 3.62. The van der Waals surface area contributed by atoms with Gasteiger partial charge in [0.1, 0.15) is 46.9 Å². The van der Waals surface area contributed by atoms with E-state index in [4.69, 9.17) is 18.6 Å². The summed E-state index contributed by atoms with van der Waals surface area (Å²) in [5, 5.41) is 69.5. The first kappa shape index (κ1) is 23.6. The first-order valence-electron chi connectivity index (χ1n) is 10.0. The summed E-state index contributed by atoms with van der Waals surface area (Å²) < 4.78 is 21.8. The van der Waals surface area contributed by atoms with Gasteiger partial charge in [-0.15, -0.1) is 0 Å². The molecule has 1 saturated heterocycles. The molecule has 0 radical (unpaired) electrons. The van der Waals surface area contributed by atoms with Crippen LogP contribution in [0.1, 0.15) is 0 Å². The van der Waals surface area contributed by atoms with Gasteiger partial charge in [-0.2, -0.15) is 0 Å². The van der Waals surface area contributed by atoms with Crippen LogP contribution in [0.3, 0.4) is 0 Å². The van der Waals surface area contributed by atoms with Gasteiger partial charge in [-0.1, -0.05) is 0 Å². The normalized spacial score (nSPS) is 24.8. The summed E-state index contributed by atoms with van der Waals surface area (Å²) in [4.78, 5) is 13.4. The number of aliphatic hydroxyl groups excluding tert-OH is 4. The predicted octanol–water partition coefficient (Wildman–Crippen LogP) is -0.236. The summed E-state index contributed by atoms with van der Waals surface area (Å²) in [6.07, 6.45) is -8.31. The van der Waals surface area contributed by atoms with E-state index in [1.54, 1.807) is 0 Å². The molecule has 1 aromatic heterocycles. The number of rotatable bonds is 5. The van der Waals surface area contributed by atoms with E-state index >= 15 is 0 Å². The lowest BCUT2D eigenvalue weighted by Gasteiger charge is -2.39. The smallest absolute Gasteiger partial charge is 0.239 e. The van der Waals surface area contributed by atoms with Gasteiger partial charge in [0.25, 0.3) is 0 Å². The number of benzene rings is 2. The maximum atomic E-state index is 13.4. The molecule has 3 aromatic rings. The van der Waals surface area contributed by atoms with E-state index in [-0.39, 0.29) is 28.0 Å². The highest BCUT2D eigenvalue weighted by molar-refractivity contribution is 5.88. The molecule has 182 valence electrons. The molecule has 12 heteroatoms. The van der Waals surface area contributed by atoms with Crippen molar-refractivity contribution in [2.75, 3.05) is 13.7 Å². The lowest BCUT2D eigenvalue weighted by molar-refractivity contribution is -0.277. The number of methoxy groups -OCH3 is 1. The zero-order valence-electron chi connectivity index (χ0n) is 17.7. The minimum atomic E-state index is -1.83. The molecule has 5 atom stereocenters. The Labute approximate surface area is 191 Å². The Hall–Kier alpha value is -3.55. The standard InChI is InChI=1S/C22H22O12/c1-31-9-5-12(26)15-13(6-9)32-20(8-2-3-10(24)11(25)4-8)21(17(15)28)34-22-19(30)18(29)16(27)14(7-23)33-22/h2-6,14,16,18-19,22-27,29-30H,7H2,1H3/t14-,16+,18+,19-,22+/m1/s1. The average molecular weight is 478 g/mol. The van der Waals surface area contributed by atoms with E-state index in [1.807, 2.05) is 0 Å². The molecule has 2 aromatic carbocycles. The number of phenolic OH excluding ortho intramolecular Hbond substituents is 3. The molecule has 0 amide bonds. The molecule has 0 aliphatic carbocycles. The molecule has 0 saturated carbocycles. The van der Waals surface area contributed by atoms with E-state index in [0.717, 1.165) is 12.1 Å². The molecule has 1 aliphatic heterocycles. The van der Waals surface area contributed by atoms with Gasteiger partial charge in [-0.25, -0.2) is 0 Å². The number of ether oxygens (including phenoxy) is 3. The molecule has 1 fully saturated rings. The minimum Gasteiger partial charge on any atom is -0.507 e. The molecule has 1 aliphatic rings. The quantitative estimate of drug-likeness (QED) is 0.238. The minimum absolute atomic E-state index is 0.0659. The summed E-state index contributed by atoms with van der Waals surface area (Å²) in [7, 11) is 1.34.